The number of likely N-dealkylation sites (N-methyl/N-ethyl adjacent to an activating group) is 1. The average molecular weight is 247 g/mol. The number of urea groups is 1. The van der Waals surface area contributed by atoms with Crippen molar-refractivity contribution >= 4 is 17.6 Å². The van der Waals surface area contributed by atoms with E-state index in [2.05, 4.69) is 5.32 Å². The average Bonchev–Trinajstić information content (AvgIpc) is 2.72. The van der Waals surface area contributed by atoms with E-state index in [9.17, 15) is 9.59 Å². The van der Waals surface area contributed by atoms with Crippen molar-refractivity contribution in [2.45, 2.75) is 6.92 Å². The maximum absolute atomic E-state index is 12.1. The van der Waals surface area contributed by atoms with E-state index in [1.165, 1.54) is 0 Å². The minimum Gasteiger partial charge on any atom is -0.355 e. The number of amides is 3. The summed E-state index contributed by atoms with van der Waals surface area (Å²) >= 11 is 0. The van der Waals surface area contributed by atoms with Crippen molar-refractivity contribution in [2.24, 2.45) is 0 Å². The van der Waals surface area contributed by atoms with Crippen molar-refractivity contribution in [1.29, 1.82) is 0 Å². The van der Waals surface area contributed by atoms with Crippen LogP contribution in [0.4, 0.5) is 10.5 Å². The van der Waals surface area contributed by atoms with Crippen molar-refractivity contribution in [2.75, 3.05) is 31.1 Å². The minimum atomic E-state index is -0.110. The first-order valence-electron chi connectivity index (χ1n) is 6.10. The first-order valence-corrected chi connectivity index (χ1v) is 6.10. The Morgan fingerprint density at radius 2 is 2.00 bits per heavy atom. The molecule has 2 rings (SSSR count). The monoisotopic (exact) mass is 247 g/mol. The zero-order valence-corrected chi connectivity index (χ0v) is 10.4. The molecule has 1 saturated heterocycles. The summed E-state index contributed by atoms with van der Waals surface area (Å²) in [5, 5.41) is 2.70. The number of hydrogen-bond acceptors (Lipinski definition) is 2. The van der Waals surface area contributed by atoms with Crippen LogP contribution in [-0.2, 0) is 4.79 Å². The van der Waals surface area contributed by atoms with Gasteiger partial charge in [-0.3, -0.25) is 9.69 Å². The molecule has 1 aliphatic rings. The topological polar surface area (TPSA) is 52.7 Å². The third-order valence-electron chi connectivity index (χ3n) is 2.87. The molecule has 0 spiro atoms. The van der Waals surface area contributed by atoms with E-state index in [-0.39, 0.29) is 18.5 Å². The molecule has 1 fully saturated rings. The third kappa shape index (κ3) is 2.61. The van der Waals surface area contributed by atoms with Gasteiger partial charge in [0.1, 0.15) is 6.54 Å². The number of anilines is 1. The Morgan fingerprint density at radius 1 is 1.28 bits per heavy atom. The van der Waals surface area contributed by atoms with Crippen LogP contribution in [0.5, 0.6) is 0 Å². The Labute approximate surface area is 106 Å². The molecule has 0 atom stereocenters. The van der Waals surface area contributed by atoms with Crippen LogP contribution in [0.15, 0.2) is 30.3 Å². The van der Waals surface area contributed by atoms with Crippen molar-refractivity contribution in [3.63, 3.8) is 0 Å². The molecule has 1 aromatic rings. The maximum Gasteiger partial charge on any atom is 0.325 e. The smallest absolute Gasteiger partial charge is 0.325 e. The fourth-order valence-corrected chi connectivity index (χ4v) is 2.00. The first kappa shape index (κ1) is 12.4. The molecular weight excluding hydrogens is 230 g/mol. The van der Waals surface area contributed by atoms with Gasteiger partial charge in [-0.1, -0.05) is 18.2 Å². The molecule has 0 aliphatic carbocycles. The highest BCUT2D eigenvalue weighted by Crippen LogP contribution is 2.19. The molecule has 1 aliphatic heterocycles. The third-order valence-corrected chi connectivity index (χ3v) is 2.87. The van der Waals surface area contributed by atoms with Crippen LogP contribution in [0.3, 0.4) is 0 Å². The summed E-state index contributed by atoms with van der Waals surface area (Å²) in [6.07, 6.45) is 0. The molecule has 0 saturated carbocycles. The highest BCUT2D eigenvalue weighted by molar-refractivity contribution is 5.96. The molecule has 5 heteroatoms. The maximum atomic E-state index is 12.1. The number of hydrogen-bond donors (Lipinski definition) is 1. The first-order chi connectivity index (χ1) is 8.72. The molecule has 1 N–H and O–H groups in total. The Hall–Kier alpha value is -2.04. The normalized spacial score (nSPS) is 15.1. The molecule has 3 amide bonds. The summed E-state index contributed by atoms with van der Waals surface area (Å²) in [6, 6.07) is 9.40. The highest BCUT2D eigenvalue weighted by Gasteiger charge is 2.30. The standard InChI is InChI=1S/C13H17N3O2/c1-2-14-12(17)10-15-8-9-16(13(15)18)11-6-4-3-5-7-11/h3-7H,2,8-10H2,1H3,(H,14,17). The van der Waals surface area contributed by atoms with Crippen LogP contribution in [-0.4, -0.2) is 43.0 Å². The minimum absolute atomic E-state index is 0.104. The lowest BCUT2D eigenvalue weighted by Crippen LogP contribution is -2.39. The van der Waals surface area contributed by atoms with Crippen molar-refractivity contribution in [3.05, 3.63) is 30.3 Å². The van der Waals surface area contributed by atoms with Gasteiger partial charge in [-0.2, -0.15) is 0 Å². The van der Waals surface area contributed by atoms with E-state index in [1.807, 2.05) is 37.3 Å². The second-order valence-electron chi connectivity index (χ2n) is 4.14. The second-order valence-corrected chi connectivity index (χ2v) is 4.14. The molecule has 0 bridgehead atoms. The number of para-hydroxylation sites is 1. The Kier molecular flexibility index (Phi) is 3.82. The lowest BCUT2D eigenvalue weighted by atomic mass is 10.3. The zero-order chi connectivity index (χ0) is 13.0. The number of carbonyl (C=O) groups is 2. The van der Waals surface area contributed by atoms with Gasteiger partial charge < -0.3 is 10.2 Å². The fourth-order valence-electron chi connectivity index (χ4n) is 2.00. The van der Waals surface area contributed by atoms with Gasteiger partial charge in [0.2, 0.25) is 5.91 Å². The van der Waals surface area contributed by atoms with Gasteiger partial charge >= 0.3 is 6.03 Å². The summed E-state index contributed by atoms with van der Waals surface area (Å²) in [6.45, 7) is 3.80. The van der Waals surface area contributed by atoms with E-state index in [0.29, 0.717) is 19.6 Å². The molecule has 1 aromatic carbocycles. The summed E-state index contributed by atoms with van der Waals surface area (Å²) in [7, 11) is 0. The largest absolute Gasteiger partial charge is 0.355 e. The lowest BCUT2D eigenvalue weighted by molar-refractivity contribution is -0.121. The molecule has 18 heavy (non-hydrogen) atoms. The van der Waals surface area contributed by atoms with E-state index in [0.717, 1.165) is 5.69 Å². The molecule has 0 unspecified atom stereocenters. The molecule has 5 nitrogen and oxygen atoms in total. The van der Waals surface area contributed by atoms with E-state index >= 15 is 0 Å². The van der Waals surface area contributed by atoms with Crippen molar-refractivity contribution in [3.8, 4) is 0 Å². The molecule has 0 aromatic heterocycles. The summed E-state index contributed by atoms with van der Waals surface area (Å²) in [5.74, 6) is -0.110. The Balaban J connectivity index is 1.99. The van der Waals surface area contributed by atoms with Crippen LogP contribution in [0.25, 0.3) is 0 Å². The highest BCUT2D eigenvalue weighted by atomic mass is 16.2. The molecular formula is C13H17N3O2. The van der Waals surface area contributed by atoms with Crippen molar-refractivity contribution < 1.29 is 9.59 Å². The van der Waals surface area contributed by atoms with Crippen LogP contribution in [0.2, 0.25) is 0 Å². The quantitative estimate of drug-likeness (QED) is 0.865. The zero-order valence-electron chi connectivity index (χ0n) is 10.4. The fraction of sp³-hybridized carbons (Fsp3) is 0.385. The van der Waals surface area contributed by atoms with Crippen LogP contribution in [0, 0.1) is 0 Å². The predicted molar refractivity (Wildman–Crippen MR) is 69.4 cm³/mol. The van der Waals surface area contributed by atoms with Gasteiger partial charge in [0.15, 0.2) is 0 Å². The van der Waals surface area contributed by atoms with Gasteiger partial charge in [-0.15, -0.1) is 0 Å². The number of nitrogens with one attached hydrogen (secondary N) is 1. The number of benzene rings is 1. The molecule has 0 radical (unpaired) electrons. The van der Waals surface area contributed by atoms with Gasteiger partial charge in [-0.05, 0) is 19.1 Å². The Bertz CT molecular complexity index is 433. The van der Waals surface area contributed by atoms with E-state index in [4.69, 9.17) is 0 Å². The predicted octanol–water partition coefficient (Wildman–Crippen LogP) is 1.06. The Morgan fingerprint density at radius 3 is 2.67 bits per heavy atom. The van der Waals surface area contributed by atoms with Gasteiger partial charge in [0.05, 0.1) is 0 Å². The van der Waals surface area contributed by atoms with E-state index < -0.39 is 0 Å². The number of carbonyl (C=O) groups excluding carboxylic acids is 2. The molecule has 96 valence electrons. The van der Waals surface area contributed by atoms with Gasteiger partial charge in [-0.25, -0.2) is 4.79 Å². The molecule has 1 heterocycles. The van der Waals surface area contributed by atoms with Gasteiger partial charge in [0.25, 0.3) is 0 Å². The van der Waals surface area contributed by atoms with Crippen LogP contribution in [0.1, 0.15) is 6.92 Å². The van der Waals surface area contributed by atoms with E-state index in [1.54, 1.807) is 9.80 Å². The van der Waals surface area contributed by atoms with Gasteiger partial charge in [0, 0.05) is 25.3 Å². The summed E-state index contributed by atoms with van der Waals surface area (Å²) in [4.78, 5) is 26.8. The van der Waals surface area contributed by atoms with Crippen molar-refractivity contribution in [1.82, 2.24) is 10.2 Å². The van der Waals surface area contributed by atoms with Crippen LogP contribution < -0.4 is 10.2 Å². The summed E-state index contributed by atoms with van der Waals surface area (Å²) < 4.78 is 0. The van der Waals surface area contributed by atoms with Crippen LogP contribution >= 0.6 is 0 Å². The number of nitrogens with zero attached hydrogens (tertiary/aromatic N) is 2. The SMILES string of the molecule is CCNC(=O)CN1CCN(c2ccccc2)C1=O. The second kappa shape index (κ2) is 5.53. The number of rotatable bonds is 4. The lowest BCUT2D eigenvalue weighted by Gasteiger charge is -2.18. The summed E-state index contributed by atoms with van der Waals surface area (Å²) in [5.41, 5.74) is 0.876.